The van der Waals surface area contributed by atoms with Gasteiger partial charge in [-0.25, -0.2) is 4.79 Å². The zero-order chi connectivity index (χ0) is 19.8. The van der Waals surface area contributed by atoms with Gasteiger partial charge in [0.1, 0.15) is 0 Å². The van der Waals surface area contributed by atoms with Gasteiger partial charge in [-0.3, -0.25) is 19.3 Å². The number of anilines is 1. The van der Waals surface area contributed by atoms with Crippen molar-refractivity contribution >= 4 is 29.3 Å². The van der Waals surface area contributed by atoms with Gasteiger partial charge in [-0.2, -0.15) is 0 Å². The van der Waals surface area contributed by atoms with Crippen molar-refractivity contribution in [3.63, 3.8) is 0 Å². The molecule has 0 N–H and O–H groups in total. The molecule has 1 aromatic carbocycles. The van der Waals surface area contributed by atoms with E-state index in [1.165, 1.54) is 17.0 Å². The maximum Gasteiger partial charge on any atom is 0.338 e. The molecule has 0 spiro atoms. The molecule has 1 saturated heterocycles. The molecule has 1 saturated carbocycles. The number of hydrogen-bond acceptors (Lipinski definition) is 5. The first-order valence-corrected chi connectivity index (χ1v) is 9.38. The molecule has 27 heavy (non-hydrogen) atoms. The Balaban J connectivity index is 1.68. The van der Waals surface area contributed by atoms with Crippen LogP contribution in [-0.4, -0.2) is 30.2 Å². The van der Waals surface area contributed by atoms with Crippen molar-refractivity contribution < 1.29 is 23.9 Å². The average Bonchev–Trinajstić information content (AvgIpc) is 2.90. The van der Waals surface area contributed by atoms with Crippen LogP contribution in [0.4, 0.5) is 5.69 Å². The number of nitrogens with zero attached hydrogens (tertiary/aromatic N) is 1. The van der Waals surface area contributed by atoms with E-state index >= 15 is 0 Å². The molecule has 2 aliphatic rings. The van der Waals surface area contributed by atoms with E-state index in [1.807, 2.05) is 0 Å². The number of ketones is 1. The third kappa shape index (κ3) is 3.80. The van der Waals surface area contributed by atoms with Gasteiger partial charge in [-0.05, 0) is 37.1 Å². The second kappa shape index (κ2) is 7.25. The molecule has 0 aromatic heterocycles. The van der Waals surface area contributed by atoms with Crippen LogP contribution in [0.1, 0.15) is 56.8 Å². The van der Waals surface area contributed by atoms with E-state index in [0.717, 1.165) is 25.7 Å². The standard InChI is InChI=1S/C21H25NO5/c1-21(2,3)17(23)12-27-20(26)13-8-10-14(11-9-13)22-18(24)15-6-4-5-7-16(15)19(22)25/h8-11,15-16H,4-7,12H2,1-3H3. The van der Waals surface area contributed by atoms with Gasteiger partial charge in [0.05, 0.1) is 23.1 Å². The number of ether oxygens (including phenoxy) is 1. The average molecular weight is 371 g/mol. The minimum atomic E-state index is -0.605. The maximum absolute atomic E-state index is 12.6. The number of carbonyl (C=O) groups is 4. The predicted octanol–water partition coefficient (Wildman–Crippen LogP) is 3.14. The highest BCUT2D eigenvalue weighted by atomic mass is 16.5. The van der Waals surface area contributed by atoms with Crippen molar-refractivity contribution in [1.82, 2.24) is 0 Å². The molecule has 2 fully saturated rings. The third-order valence-corrected chi connectivity index (χ3v) is 5.37. The number of hydrogen-bond donors (Lipinski definition) is 0. The molecule has 2 unspecified atom stereocenters. The van der Waals surface area contributed by atoms with Gasteiger partial charge in [0, 0.05) is 5.41 Å². The lowest BCUT2D eigenvalue weighted by atomic mass is 9.81. The number of fused-ring (bicyclic) bond motifs is 1. The molecule has 0 bridgehead atoms. The van der Waals surface area contributed by atoms with Crippen LogP contribution >= 0.6 is 0 Å². The minimum Gasteiger partial charge on any atom is -0.454 e. The van der Waals surface area contributed by atoms with E-state index < -0.39 is 11.4 Å². The van der Waals surface area contributed by atoms with Gasteiger partial charge < -0.3 is 4.74 Å². The third-order valence-electron chi connectivity index (χ3n) is 5.37. The molecule has 1 aliphatic heterocycles. The van der Waals surface area contributed by atoms with Crippen molar-refractivity contribution in [1.29, 1.82) is 0 Å². The van der Waals surface area contributed by atoms with Crippen LogP contribution in [0.25, 0.3) is 0 Å². The van der Waals surface area contributed by atoms with Gasteiger partial charge in [-0.15, -0.1) is 0 Å². The minimum absolute atomic E-state index is 0.143. The monoisotopic (exact) mass is 371 g/mol. The Hall–Kier alpha value is -2.50. The lowest BCUT2D eigenvalue weighted by Gasteiger charge is -2.19. The number of benzene rings is 1. The molecular formula is C21H25NO5. The fraction of sp³-hybridized carbons (Fsp3) is 0.524. The fourth-order valence-electron chi connectivity index (χ4n) is 3.59. The first-order valence-electron chi connectivity index (χ1n) is 9.38. The number of Topliss-reactive ketones (excluding diaryl/α,β-unsaturated/α-hetero) is 1. The van der Waals surface area contributed by atoms with Gasteiger partial charge in [0.15, 0.2) is 12.4 Å². The Labute approximate surface area is 158 Å². The number of rotatable bonds is 4. The number of esters is 1. The second-order valence-electron chi connectivity index (χ2n) is 8.31. The Morgan fingerprint density at radius 2 is 1.52 bits per heavy atom. The van der Waals surface area contributed by atoms with E-state index in [-0.39, 0.29) is 41.6 Å². The number of imide groups is 1. The van der Waals surface area contributed by atoms with Gasteiger partial charge >= 0.3 is 5.97 Å². The van der Waals surface area contributed by atoms with Crippen molar-refractivity contribution in [3.05, 3.63) is 29.8 Å². The van der Waals surface area contributed by atoms with Crippen LogP contribution in [0, 0.1) is 17.3 Å². The Kier molecular flexibility index (Phi) is 5.18. The van der Waals surface area contributed by atoms with Crippen LogP contribution in [0.5, 0.6) is 0 Å². The first-order chi connectivity index (χ1) is 12.7. The molecule has 1 aliphatic carbocycles. The fourth-order valence-corrected chi connectivity index (χ4v) is 3.59. The zero-order valence-corrected chi connectivity index (χ0v) is 16.0. The molecule has 3 rings (SSSR count). The summed E-state index contributed by atoms with van der Waals surface area (Å²) < 4.78 is 5.07. The largest absolute Gasteiger partial charge is 0.454 e. The van der Waals surface area contributed by atoms with Crippen molar-refractivity contribution in [2.45, 2.75) is 46.5 Å². The summed E-state index contributed by atoms with van der Waals surface area (Å²) in [6, 6.07) is 6.19. The summed E-state index contributed by atoms with van der Waals surface area (Å²) in [4.78, 5) is 50.5. The van der Waals surface area contributed by atoms with Gasteiger partial charge in [-0.1, -0.05) is 33.6 Å². The van der Waals surface area contributed by atoms with E-state index in [2.05, 4.69) is 0 Å². The summed E-state index contributed by atoms with van der Waals surface area (Å²) in [5.74, 6) is -1.47. The van der Waals surface area contributed by atoms with E-state index in [9.17, 15) is 19.2 Å². The highest BCUT2D eigenvalue weighted by molar-refractivity contribution is 6.22. The smallest absolute Gasteiger partial charge is 0.338 e. The maximum atomic E-state index is 12.6. The van der Waals surface area contributed by atoms with Crippen LogP contribution in [-0.2, 0) is 19.1 Å². The highest BCUT2D eigenvalue weighted by Crippen LogP contribution is 2.40. The van der Waals surface area contributed by atoms with Crippen LogP contribution in [0.2, 0.25) is 0 Å². The van der Waals surface area contributed by atoms with Crippen molar-refractivity contribution in [3.8, 4) is 0 Å². The molecule has 0 radical (unpaired) electrons. The van der Waals surface area contributed by atoms with E-state index in [0.29, 0.717) is 5.69 Å². The lowest BCUT2D eigenvalue weighted by Crippen LogP contribution is -2.30. The first kappa shape index (κ1) is 19.3. The molecule has 6 nitrogen and oxygen atoms in total. The Morgan fingerprint density at radius 3 is 2.00 bits per heavy atom. The molecular weight excluding hydrogens is 346 g/mol. The summed E-state index contributed by atoms with van der Waals surface area (Å²) in [6.45, 7) is 5.01. The molecule has 2 amide bonds. The highest BCUT2D eigenvalue weighted by Gasteiger charge is 2.48. The van der Waals surface area contributed by atoms with Gasteiger partial charge in [0.25, 0.3) is 0 Å². The second-order valence-corrected chi connectivity index (χ2v) is 8.31. The quantitative estimate of drug-likeness (QED) is 0.600. The normalized spacial score (nSPS) is 22.6. The van der Waals surface area contributed by atoms with E-state index in [1.54, 1.807) is 32.9 Å². The molecule has 6 heteroatoms. The number of carbonyl (C=O) groups excluding carboxylic acids is 4. The molecule has 1 aromatic rings. The van der Waals surface area contributed by atoms with Crippen LogP contribution in [0.3, 0.4) is 0 Å². The number of amides is 2. The summed E-state index contributed by atoms with van der Waals surface area (Å²) >= 11 is 0. The zero-order valence-electron chi connectivity index (χ0n) is 16.0. The Morgan fingerprint density at radius 1 is 1.00 bits per heavy atom. The SMILES string of the molecule is CC(C)(C)C(=O)COC(=O)c1ccc(N2C(=O)C3CCCCC3C2=O)cc1. The molecule has 2 atom stereocenters. The van der Waals surface area contributed by atoms with Crippen LogP contribution < -0.4 is 4.90 Å². The summed E-state index contributed by atoms with van der Waals surface area (Å²) in [7, 11) is 0. The van der Waals surface area contributed by atoms with Crippen molar-refractivity contribution in [2.24, 2.45) is 17.3 Å². The van der Waals surface area contributed by atoms with Crippen LogP contribution in [0.15, 0.2) is 24.3 Å². The summed E-state index contributed by atoms with van der Waals surface area (Å²) in [5, 5.41) is 0. The van der Waals surface area contributed by atoms with Crippen molar-refractivity contribution in [2.75, 3.05) is 11.5 Å². The molecule has 1 heterocycles. The lowest BCUT2D eigenvalue weighted by molar-refractivity contribution is -0.129. The summed E-state index contributed by atoms with van der Waals surface area (Å²) in [6.07, 6.45) is 3.48. The topological polar surface area (TPSA) is 80.8 Å². The predicted molar refractivity (Wildman–Crippen MR) is 99.1 cm³/mol. The molecule has 144 valence electrons. The summed E-state index contributed by atoms with van der Waals surface area (Å²) in [5.41, 5.74) is 0.177. The van der Waals surface area contributed by atoms with E-state index in [4.69, 9.17) is 4.74 Å². The Bertz CT molecular complexity index is 751. The van der Waals surface area contributed by atoms with Gasteiger partial charge in [0.2, 0.25) is 11.8 Å².